The number of hydrogen-bond donors (Lipinski definition) is 2. The van der Waals surface area contributed by atoms with Crippen LogP contribution in [0.25, 0.3) is 0 Å². The third-order valence-electron chi connectivity index (χ3n) is 3.56. The van der Waals surface area contributed by atoms with Crippen molar-refractivity contribution in [2.24, 2.45) is 0 Å². The number of methoxy groups -OCH3 is 1. The zero-order valence-corrected chi connectivity index (χ0v) is 13.8. The number of anilines is 3. The summed E-state index contributed by atoms with van der Waals surface area (Å²) in [5, 5.41) is 5.47. The number of benzene rings is 2. The molecule has 0 saturated heterocycles. The van der Waals surface area contributed by atoms with Gasteiger partial charge in [0.1, 0.15) is 23.2 Å². The molecule has 0 aliphatic carbocycles. The Labute approximate surface area is 148 Å². The number of carbonyl (C=O) groups excluding carboxylic acids is 1. The Morgan fingerprint density at radius 1 is 1.04 bits per heavy atom. The molecule has 1 aromatic heterocycles. The van der Waals surface area contributed by atoms with Gasteiger partial charge in [-0.3, -0.25) is 4.79 Å². The van der Waals surface area contributed by atoms with E-state index in [0.717, 1.165) is 12.1 Å². The standard InChI is InChI=1S/C19H15F2N3O2/c1-26-15-5-3-14(4-6-15)23-19(25)12-8-9-22-18(10-12)24-17-7-2-13(20)11-16(17)21/h2-11H,1H3,(H,22,24)(H,23,25). The molecule has 3 rings (SSSR count). The molecule has 26 heavy (non-hydrogen) atoms. The first-order valence-electron chi connectivity index (χ1n) is 7.69. The number of ether oxygens (including phenoxy) is 1. The monoisotopic (exact) mass is 355 g/mol. The molecule has 0 spiro atoms. The Morgan fingerprint density at radius 3 is 2.50 bits per heavy atom. The average molecular weight is 355 g/mol. The fourth-order valence-electron chi connectivity index (χ4n) is 2.25. The molecule has 0 aliphatic rings. The van der Waals surface area contributed by atoms with Crippen LogP contribution < -0.4 is 15.4 Å². The van der Waals surface area contributed by atoms with E-state index >= 15 is 0 Å². The zero-order chi connectivity index (χ0) is 18.5. The number of amides is 1. The number of pyridine rings is 1. The maximum absolute atomic E-state index is 13.7. The highest BCUT2D eigenvalue weighted by Gasteiger charge is 2.10. The van der Waals surface area contributed by atoms with E-state index in [1.165, 1.54) is 24.4 Å². The van der Waals surface area contributed by atoms with Crippen LogP contribution in [0.2, 0.25) is 0 Å². The normalized spacial score (nSPS) is 10.3. The summed E-state index contributed by atoms with van der Waals surface area (Å²) in [6, 6.07) is 13.0. The summed E-state index contributed by atoms with van der Waals surface area (Å²) in [7, 11) is 1.56. The molecule has 3 aromatic rings. The van der Waals surface area contributed by atoms with Crippen molar-refractivity contribution in [3.05, 3.63) is 78.0 Å². The predicted octanol–water partition coefficient (Wildman–Crippen LogP) is 4.36. The maximum atomic E-state index is 13.7. The van der Waals surface area contributed by atoms with Crippen molar-refractivity contribution in [1.29, 1.82) is 0 Å². The number of rotatable bonds is 5. The molecule has 7 heteroatoms. The van der Waals surface area contributed by atoms with Gasteiger partial charge in [-0.15, -0.1) is 0 Å². The Kier molecular flexibility index (Phi) is 5.07. The summed E-state index contributed by atoms with van der Waals surface area (Å²) in [4.78, 5) is 16.4. The van der Waals surface area contributed by atoms with Gasteiger partial charge in [0.05, 0.1) is 12.8 Å². The predicted molar refractivity (Wildman–Crippen MR) is 94.8 cm³/mol. The van der Waals surface area contributed by atoms with Crippen LogP contribution in [0.3, 0.4) is 0 Å². The Balaban J connectivity index is 1.74. The molecule has 0 unspecified atom stereocenters. The van der Waals surface area contributed by atoms with Crippen LogP contribution in [0.1, 0.15) is 10.4 Å². The molecule has 2 N–H and O–H groups in total. The van der Waals surface area contributed by atoms with Crippen molar-refractivity contribution < 1.29 is 18.3 Å². The summed E-state index contributed by atoms with van der Waals surface area (Å²) >= 11 is 0. The van der Waals surface area contributed by atoms with Crippen molar-refractivity contribution in [2.45, 2.75) is 0 Å². The van der Waals surface area contributed by atoms with Crippen LogP contribution in [0.5, 0.6) is 5.75 Å². The second-order valence-electron chi connectivity index (χ2n) is 5.36. The van der Waals surface area contributed by atoms with Crippen molar-refractivity contribution in [3.63, 3.8) is 0 Å². The Hall–Kier alpha value is -3.48. The van der Waals surface area contributed by atoms with Crippen LogP contribution in [-0.4, -0.2) is 18.0 Å². The van der Waals surface area contributed by atoms with Crippen LogP contribution in [0.4, 0.5) is 26.0 Å². The fraction of sp³-hybridized carbons (Fsp3) is 0.0526. The quantitative estimate of drug-likeness (QED) is 0.714. The zero-order valence-electron chi connectivity index (χ0n) is 13.8. The van der Waals surface area contributed by atoms with Crippen molar-refractivity contribution >= 4 is 23.1 Å². The SMILES string of the molecule is COc1ccc(NC(=O)c2ccnc(Nc3ccc(F)cc3F)c2)cc1. The minimum absolute atomic E-state index is 0.0617. The molecule has 0 bridgehead atoms. The van der Waals surface area contributed by atoms with E-state index in [1.807, 2.05) is 0 Å². The van der Waals surface area contributed by atoms with Gasteiger partial charge in [-0.25, -0.2) is 13.8 Å². The van der Waals surface area contributed by atoms with E-state index in [1.54, 1.807) is 31.4 Å². The smallest absolute Gasteiger partial charge is 0.255 e. The lowest BCUT2D eigenvalue weighted by atomic mass is 10.2. The first-order valence-corrected chi connectivity index (χ1v) is 7.69. The van der Waals surface area contributed by atoms with Crippen LogP contribution >= 0.6 is 0 Å². The maximum Gasteiger partial charge on any atom is 0.255 e. The third-order valence-corrected chi connectivity index (χ3v) is 3.56. The van der Waals surface area contributed by atoms with Gasteiger partial charge in [-0.2, -0.15) is 0 Å². The van der Waals surface area contributed by atoms with Crippen LogP contribution in [0.15, 0.2) is 60.8 Å². The van der Waals surface area contributed by atoms with Gasteiger partial charge in [-0.05, 0) is 48.5 Å². The van der Waals surface area contributed by atoms with Gasteiger partial charge in [0.25, 0.3) is 5.91 Å². The highest BCUT2D eigenvalue weighted by Crippen LogP contribution is 2.21. The second kappa shape index (κ2) is 7.60. The molecule has 1 heterocycles. The number of hydrogen-bond acceptors (Lipinski definition) is 4. The van der Waals surface area contributed by atoms with E-state index in [9.17, 15) is 13.6 Å². The Morgan fingerprint density at radius 2 is 1.81 bits per heavy atom. The topological polar surface area (TPSA) is 63.2 Å². The van der Waals surface area contributed by atoms with Gasteiger partial charge in [0.2, 0.25) is 0 Å². The van der Waals surface area contributed by atoms with Gasteiger partial charge in [-0.1, -0.05) is 0 Å². The number of nitrogens with zero attached hydrogens (tertiary/aromatic N) is 1. The van der Waals surface area contributed by atoms with E-state index in [-0.39, 0.29) is 17.4 Å². The molecule has 1 amide bonds. The van der Waals surface area contributed by atoms with E-state index < -0.39 is 11.6 Å². The molecule has 0 fully saturated rings. The van der Waals surface area contributed by atoms with Crippen LogP contribution in [0, 0.1) is 11.6 Å². The number of carbonyl (C=O) groups is 1. The molecular weight excluding hydrogens is 340 g/mol. The summed E-state index contributed by atoms with van der Waals surface area (Å²) in [5.74, 6) is -0.827. The molecule has 5 nitrogen and oxygen atoms in total. The largest absolute Gasteiger partial charge is 0.497 e. The van der Waals surface area contributed by atoms with E-state index in [0.29, 0.717) is 17.0 Å². The average Bonchev–Trinajstić information content (AvgIpc) is 2.65. The lowest BCUT2D eigenvalue weighted by Crippen LogP contribution is -2.12. The summed E-state index contributed by atoms with van der Waals surface area (Å²) in [6.45, 7) is 0. The molecule has 132 valence electrons. The lowest BCUT2D eigenvalue weighted by Gasteiger charge is -2.09. The van der Waals surface area contributed by atoms with E-state index in [4.69, 9.17) is 4.74 Å². The minimum Gasteiger partial charge on any atom is -0.497 e. The van der Waals surface area contributed by atoms with Crippen molar-refractivity contribution in [3.8, 4) is 5.75 Å². The molecule has 0 atom stereocenters. The first kappa shape index (κ1) is 17.3. The van der Waals surface area contributed by atoms with Gasteiger partial charge < -0.3 is 15.4 Å². The lowest BCUT2D eigenvalue weighted by molar-refractivity contribution is 0.102. The molecular formula is C19H15F2N3O2. The molecule has 2 aromatic carbocycles. The number of nitrogens with one attached hydrogen (secondary N) is 2. The van der Waals surface area contributed by atoms with E-state index in [2.05, 4.69) is 15.6 Å². The Bertz CT molecular complexity index is 930. The third kappa shape index (κ3) is 4.13. The summed E-state index contributed by atoms with van der Waals surface area (Å²) < 4.78 is 31.8. The summed E-state index contributed by atoms with van der Waals surface area (Å²) in [6.07, 6.45) is 1.42. The van der Waals surface area contributed by atoms with Gasteiger partial charge in [0.15, 0.2) is 0 Å². The summed E-state index contributed by atoms with van der Waals surface area (Å²) in [5.41, 5.74) is 0.999. The fourth-order valence-corrected chi connectivity index (χ4v) is 2.25. The van der Waals surface area contributed by atoms with Crippen LogP contribution in [-0.2, 0) is 0 Å². The highest BCUT2D eigenvalue weighted by atomic mass is 19.1. The minimum atomic E-state index is -0.750. The van der Waals surface area contributed by atoms with Gasteiger partial charge in [0, 0.05) is 23.5 Å². The molecule has 0 aliphatic heterocycles. The van der Waals surface area contributed by atoms with Crippen molar-refractivity contribution in [1.82, 2.24) is 4.98 Å². The molecule has 0 radical (unpaired) electrons. The van der Waals surface area contributed by atoms with Crippen molar-refractivity contribution in [2.75, 3.05) is 17.7 Å². The molecule has 0 saturated carbocycles. The number of aromatic nitrogens is 1. The highest BCUT2D eigenvalue weighted by molar-refractivity contribution is 6.04. The van der Waals surface area contributed by atoms with Gasteiger partial charge >= 0.3 is 0 Å². The second-order valence-corrected chi connectivity index (χ2v) is 5.36. The first-order chi connectivity index (χ1) is 12.5. The number of halogens is 2.